The first-order valence-electron chi connectivity index (χ1n) is 8.63. The van der Waals surface area contributed by atoms with Gasteiger partial charge in [-0.3, -0.25) is 0 Å². The van der Waals surface area contributed by atoms with Gasteiger partial charge in [-0.1, -0.05) is 5.16 Å². The number of nitrogens with one attached hydrogen (secondary N) is 1. The highest BCUT2D eigenvalue weighted by Gasteiger charge is 2.19. The molecule has 2 aromatic rings. The lowest BCUT2D eigenvalue weighted by molar-refractivity contribution is 0.358. The Hall–Kier alpha value is -1.66. The van der Waals surface area contributed by atoms with Crippen LogP contribution in [0.15, 0.2) is 22.9 Å². The van der Waals surface area contributed by atoms with Gasteiger partial charge in [0.1, 0.15) is 5.82 Å². The van der Waals surface area contributed by atoms with Crippen LogP contribution in [0.5, 0.6) is 0 Å². The Morgan fingerprint density at radius 1 is 1.21 bits per heavy atom. The summed E-state index contributed by atoms with van der Waals surface area (Å²) in [4.78, 5) is 11.5. The van der Waals surface area contributed by atoms with Crippen molar-refractivity contribution in [3.05, 3.63) is 24.2 Å². The first-order valence-corrected chi connectivity index (χ1v) is 8.63. The van der Waals surface area contributed by atoms with Crippen LogP contribution in [0.4, 0.5) is 5.82 Å². The molecular weight excluding hydrogens is 326 g/mol. The average Bonchev–Trinajstić information content (AvgIpc) is 3.28. The third-order valence-electron chi connectivity index (χ3n) is 4.78. The van der Waals surface area contributed by atoms with Gasteiger partial charge in [-0.05, 0) is 56.8 Å². The SMILES string of the molecule is Cl.c1cc(N2CCCCC2)ncc1-c1noc(CC2CCNC2)n1. The Morgan fingerprint density at radius 3 is 2.79 bits per heavy atom. The molecule has 130 valence electrons. The maximum absolute atomic E-state index is 5.40. The molecule has 0 spiro atoms. The maximum Gasteiger partial charge on any atom is 0.227 e. The van der Waals surface area contributed by atoms with Gasteiger partial charge < -0.3 is 14.7 Å². The van der Waals surface area contributed by atoms with Crippen LogP contribution < -0.4 is 10.2 Å². The summed E-state index contributed by atoms with van der Waals surface area (Å²) in [5.74, 6) is 3.04. The smallest absolute Gasteiger partial charge is 0.227 e. The molecule has 2 fully saturated rings. The Balaban J connectivity index is 0.00000169. The highest BCUT2D eigenvalue weighted by atomic mass is 35.5. The minimum Gasteiger partial charge on any atom is -0.357 e. The highest BCUT2D eigenvalue weighted by molar-refractivity contribution is 5.85. The fraction of sp³-hybridized carbons (Fsp3) is 0.588. The first-order chi connectivity index (χ1) is 11.4. The minimum absolute atomic E-state index is 0. The second-order valence-corrected chi connectivity index (χ2v) is 6.53. The van der Waals surface area contributed by atoms with E-state index in [2.05, 4.69) is 31.4 Å². The quantitative estimate of drug-likeness (QED) is 0.915. The number of anilines is 1. The van der Waals surface area contributed by atoms with Crippen molar-refractivity contribution in [2.24, 2.45) is 5.92 Å². The number of hydrogen-bond acceptors (Lipinski definition) is 6. The molecule has 2 saturated heterocycles. The molecule has 6 nitrogen and oxygen atoms in total. The molecular formula is C17H24ClN5O. The van der Waals surface area contributed by atoms with E-state index in [0.717, 1.165) is 49.9 Å². The van der Waals surface area contributed by atoms with Gasteiger partial charge >= 0.3 is 0 Å². The Kier molecular flexibility index (Phi) is 5.68. The Morgan fingerprint density at radius 2 is 2.08 bits per heavy atom. The third kappa shape index (κ3) is 3.87. The molecule has 0 saturated carbocycles. The molecule has 0 aliphatic carbocycles. The second-order valence-electron chi connectivity index (χ2n) is 6.53. The van der Waals surface area contributed by atoms with Crippen LogP contribution in [-0.2, 0) is 6.42 Å². The van der Waals surface area contributed by atoms with E-state index in [-0.39, 0.29) is 12.4 Å². The topological polar surface area (TPSA) is 67.1 Å². The summed E-state index contributed by atoms with van der Waals surface area (Å²) in [7, 11) is 0. The molecule has 1 atom stereocenters. The molecule has 2 aliphatic rings. The van der Waals surface area contributed by atoms with E-state index < -0.39 is 0 Å². The summed E-state index contributed by atoms with van der Waals surface area (Å²) in [6.45, 7) is 4.35. The third-order valence-corrected chi connectivity index (χ3v) is 4.78. The predicted molar refractivity (Wildman–Crippen MR) is 95.5 cm³/mol. The van der Waals surface area contributed by atoms with Crippen molar-refractivity contribution in [2.75, 3.05) is 31.1 Å². The van der Waals surface area contributed by atoms with Crippen LogP contribution in [-0.4, -0.2) is 41.3 Å². The maximum atomic E-state index is 5.40. The molecule has 0 radical (unpaired) electrons. The Bertz CT molecular complexity index is 633. The zero-order chi connectivity index (χ0) is 15.5. The zero-order valence-electron chi connectivity index (χ0n) is 13.8. The number of aromatic nitrogens is 3. The fourth-order valence-electron chi connectivity index (χ4n) is 3.42. The van der Waals surface area contributed by atoms with Gasteiger partial charge in [-0.15, -0.1) is 12.4 Å². The minimum atomic E-state index is 0. The summed E-state index contributed by atoms with van der Waals surface area (Å²) >= 11 is 0. The first kappa shape index (κ1) is 17.2. The van der Waals surface area contributed by atoms with E-state index in [0.29, 0.717) is 11.7 Å². The number of hydrogen-bond donors (Lipinski definition) is 1. The van der Waals surface area contributed by atoms with Gasteiger partial charge in [-0.25, -0.2) is 4.98 Å². The highest BCUT2D eigenvalue weighted by Crippen LogP contribution is 2.22. The van der Waals surface area contributed by atoms with Crippen LogP contribution >= 0.6 is 12.4 Å². The van der Waals surface area contributed by atoms with E-state index in [9.17, 15) is 0 Å². The summed E-state index contributed by atoms with van der Waals surface area (Å²) in [5, 5.41) is 7.47. The summed E-state index contributed by atoms with van der Waals surface area (Å²) in [6.07, 6.45) is 7.75. The van der Waals surface area contributed by atoms with Crippen LogP contribution in [0.25, 0.3) is 11.4 Å². The van der Waals surface area contributed by atoms with Crippen molar-refractivity contribution in [3.63, 3.8) is 0 Å². The van der Waals surface area contributed by atoms with E-state index in [1.807, 2.05) is 12.3 Å². The van der Waals surface area contributed by atoms with Crippen molar-refractivity contribution in [1.29, 1.82) is 0 Å². The zero-order valence-corrected chi connectivity index (χ0v) is 14.6. The summed E-state index contributed by atoms with van der Waals surface area (Å²) < 4.78 is 5.40. The van der Waals surface area contributed by atoms with Crippen LogP contribution in [0.2, 0.25) is 0 Å². The van der Waals surface area contributed by atoms with Crippen LogP contribution in [0, 0.1) is 5.92 Å². The molecule has 4 heterocycles. The molecule has 4 rings (SSSR count). The van der Waals surface area contributed by atoms with Gasteiger partial charge in [0.2, 0.25) is 11.7 Å². The summed E-state index contributed by atoms with van der Waals surface area (Å²) in [6, 6.07) is 4.11. The molecule has 0 bridgehead atoms. The molecule has 1 N–H and O–H groups in total. The largest absolute Gasteiger partial charge is 0.357 e. The summed E-state index contributed by atoms with van der Waals surface area (Å²) in [5.41, 5.74) is 0.922. The van der Waals surface area contributed by atoms with E-state index in [1.165, 1.54) is 25.7 Å². The molecule has 0 amide bonds. The predicted octanol–water partition coefficient (Wildman–Crippen LogP) is 2.70. The lowest BCUT2D eigenvalue weighted by Gasteiger charge is -2.27. The average molecular weight is 350 g/mol. The number of pyridine rings is 1. The Labute approximate surface area is 148 Å². The number of nitrogens with zero attached hydrogens (tertiary/aromatic N) is 4. The second kappa shape index (κ2) is 7.94. The monoisotopic (exact) mass is 349 g/mol. The van der Waals surface area contributed by atoms with Crippen molar-refractivity contribution in [1.82, 2.24) is 20.4 Å². The van der Waals surface area contributed by atoms with Crippen molar-refractivity contribution in [2.45, 2.75) is 32.1 Å². The molecule has 2 aromatic heterocycles. The van der Waals surface area contributed by atoms with Crippen molar-refractivity contribution >= 4 is 18.2 Å². The van der Waals surface area contributed by atoms with Crippen LogP contribution in [0.3, 0.4) is 0 Å². The number of piperidine rings is 1. The number of halogens is 1. The van der Waals surface area contributed by atoms with Gasteiger partial charge in [-0.2, -0.15) is 4.98 Å². The molecule has 24 heavy (non-hydrogen) atoms. The van der Waals surface area contributed by atoms with E-state index in [1.54, 1.807) is 0 Å². The van der Waals surface area contributed by atoms with Crippen molar-refractivity contribution in [3.8, 4) is 11.4 Å². The lowest BCUT2D eigenvalue weighted by Crippen LogP contribution is -2.29. The van der Waals surface area contributed by atoms with E-state index >= 15 is 0 Å². The molecule has 0 aromatic carbocycles. The van der Waals surface area contributed by atoms with Gasteiger partial charge in [0.15, 0.2) is 0 Å². The van der Waals surface area contributed by atoms with Crippen LogP contribution in [0.1, 0.15) is 31.6 Å². The molecule has 7 heteroatoms. The molecule has 2 aliphatic heterocycles. The lowest BCUT2D eigenvalue weighted by atomic mass is 10.1. The normalized spacial score (nSPS) is 20.8. The molecule has 1 unspecified atom stereocenters. The van der Waals surface area contributed by atoms with Gasteiger partial charge in [0.05, 0.1) is 0 Å². The van der Waals surface area contributed by atoms with Gasteiger partial charge in [0.25, 0.3) is 0 Å². The fourth-order valence-corrected chi connectivity index (χ4v) is 3.42. The van der Waals surface area contributed by atoms with Gasteiger partial charge in [0, 0.05) is 31.3 Å². The standard InChI is InChI=1S/C17H23N5O.ClH/c1-2-8-22(9-3-1)15-5-4-14(12-19-15)17-20-16(23-21-17)10-13-6-7-18-11-13;/h4-5,12-13,18H,1-3,6-11H2;1H. The number of rotatable bonds is 4. The van der Waals surface area contributed by atoms with Crippen molar-refractivity contribution < 1.29 is 4.52 Å². The van der Waals surface area contributed by atoms with E-state index in [4.69, 9.17) is 4.52 Å².